The molecule has 0 fully saturated rings. The molecule has 0 saturated carbocycles. The molecule has 0 bridgehead atoms. The number of rotatable bonds is 2. The zero-order chi connectivity index (χ0) is 12.3. The second kappa shape index (κ2) is 4.65. The Kier molecular flexibility index (Phi) is 3.04. The van der Waals surface area contributed by atoms with Crippen LogP contribution in [0.4, 0.5) is 4.79 Å². The van der Waals surface area contributed by atoms with Gasteiger partial charge in [-0.2, -0.15) is 0 Å². The van der Waals surface area contributed by atoms with Crippen molar-refractivity contribution < 1.29 is 13.9 Å². The van der Waals surface area contributed by atoms with Crippen molar-refractivity contribution in [2.75, 3.05) is 14.1 Å². The number of carbonyl (C=O) groups is 1. The largest absolute Gasteiger partial charge is 0.423 e. The van der Waals surface area contributed by atoms with E-state index in [0.717, 1.165) is 0 Å². The minimum atomic E-state index is -0.437. The van der Waals surface area contributed by atoms with Crippen LogP contribution >= 0.6 is 0 Å². The third-order valence-corrected chi connectivity index (χ3v) is 2.01. The maximum absolute atomic E-state index is 11.4. The second-order valence-corrected chi connectivity index (χ2v) is 3.53. The van der Waals surface area contributed by atoms with Crippen molar-refractivity contribution in [3.63, 3.8) is 0 Å². The molecule has 0 aliphatic rings. The van der Waals surface area contributed by atoms with E-state index in [1.165, 1.54) is 11.3 Å². The van der Waals surface area contributed by atoms with Crippen molar-refractivity contribution in [2.24, 2.45) is 0 Å². The van der Waals surface area contributed by atoms with E-state index in [1.807, 2.05) is 0 Å². The number of carbonyl (C=O) groups excluding carboxylic acids is 1. The molecule has 88 valence electrons. The van der Waals surface area contributed by atoms with E-state index in [1.54, 1.807) is 38.4 Å². The topological polar surface area (TPSA) is 68.5 Å². The Hall–Kier alpha value is -2.37. The van der Waals surface area contributed by atoms with Crippen LogP contribution in [0, 0.1) is 0 Å². The van der Waals surface area contributed by atoms with Crippen molar-refractivity contribution in [1.29, 1.82) is 0 Å². The third-order valence-electron chi connectivity index (χ3n) is 2.01. The van der Waals surface area contributed by atoms with Gasteiger partial charge < -0.3 is 14.1 Å². The molecule has 2 aromatic rings. The van der Waals surface area contributed by atoms with E-state index < -0.39 is 6.09 Å². The summed E-state index contributed by atoms with van der Waals surface area (Å²) in [5, 5.41) is 7.36. The van der Waals surface area contributed by atoms with Crippen LogP contribution in [0.5, 0.6) is 5.75 Å². The normalized spacial score (nSPS) is 10.0. The highest BCUT2D eigenvalue weighted by atomic mass is 16.6. The van der Waals surface area contributed by atoms with E-state index >= 15 is 0 Å². The highest BCUT2D eigenvalue weighted by molar-refractivity contribution is 5.70. The zero-order valence-electron chi connectivity index (χ0n) is 9.45. The average molecular weight is 233 g/mol. The number of ether oxygens (including phenoxy) is 1. The Labute approximate surface area is 97.8 Å². The standard InChI is InChI=1S/C11H11N3O3/c1-14(2)11(15)17-9-5-3-4-8(6-9)10-13-12-7-16-10/h3-7H,1-2H3. The van der Waals surface area contributed by atoms with Gasteiger partial charge in [-0.3, -0.25) is 0 Å². The molecule has 0 atom stereocenters. The van der Waals surface area contributed by atoms with Crippen molar-refractivity contribution in [3.8, 4) is 17.2 Å². The van der Waals surface area contributed by atoms with Gasteiger partial charge in [0.2, 0.25) is 12.3 Å². The van der Waals surface area contributed by atoms with Gasteiger partial charge in [-0.1, -0.05) is 6.07 Å². The number of hydrogen-bond acceptors (Lipinski definition) is 5. The Balaban J connectivity index is 2.20. The predicted molar refractivity (Wildman–Crippen MR) is 59.4 cm³/mol. The molecule has 0 aliphatic heterocycles. The van der Waals surface area contributed by atoms with Crippen LogP contribution < -0.4 is 4.74 Å². The van der Waals surface area contributed by atoms with Crippen molar-refractivity contribution in [2.45, 2.75) is 0 Å². The molecule has 1 heterocycles. The van der Waals surface area contributed by atoms with Gasteiger partial charge in [-0.15, -0.1) is 10.2 Å². The Morgan fingerprint density at radius 1 is 1.41 bits per heavy atom. The summed E-state index contributed by atoms with van der Waals surface area (Å²) < 4.78 is 10.2. The molecule has 6 heteroatoms. The summed E-state index contributed by atoms with van der Waals surface area (Å²) in [6.45, 7) is 0. The van der Waals surface area contributed by atoms with E-state index in [9.17, 15) is 4.79 Å². The highest BCUT2D eigenvalue weighted by Gasteiger charge is 2.09. The number of amides is 1. The van der Waals surface area contributed by atoms with E-state index in [-0.39, 0.29) is 0 Å². The van der Waals surface area contributed by atoms with Gasteiger partial charge in [0.05, 0.1) is 0 Å². The number of nitrogens with zero attached hydrogens (tertiary/aromatic N) is 3. The summed E-state index contributed by atoms with van der Waals surface area (Å²) in [6, 6.07) is 6.88. The molecule has 0 saturated heterocycles. The molecule has 1 aromatic carbocycles. The Morgan fingerprint density at radius 3 is 2.88 bits per heavy atom. The number of benzene rings is 1. The molecule has 1 amide bonds. The Bertz CT molecular complexity index is 508. The lowest BCUT2D eigenvalue weighted by molar-refractivity contribution is 0.172. The molecular weight excluding hydrogens is 222 g/mol. The number of aromatic nitrogens is 2. The summed E-state index contributed by atoms with van der Waals surface area (Å²) in [7, 11) is 3.23. The fraction of sp³-hybridized carbons (Fsp3) is 0.182. The van der Waals surface area contributed by atoms with Crippen molar-refractivity contribution in [3.05, 3.63) is 30.7 Å². The first-order chi connectivity index (χ1) is 8.16. The molecule has 2 rings (SSSR count). The van der Waals surface area contributed by atoms with E-state index in [4.69, 9.17) is 9.15 Å². The summed E-state index contributed by atoms with van der Waals surface area (Å²) in [5.41, 5.74) is 0.701. The van der Waals surface area contributed by atoms with E-state index in [0.29, 0.717) is 17.2 Å². The second-order valence-electron chi connectivity index (χ2n) is 3.53. The summed E-state index contributed by atoms with van der Waals surface area (Å²) in [6.07, 6.45) is 0.807. The molecule has 0 aliphatic carbocycles. The van der Waals surface area contributed by atoms with Crippen LogP contribution in [-0.2, 0) is 0 Å². The van der Waals surface area contributed by atoms with Crippen LogP contribution in [0.15, 0.2) is 35.1 Å². The molecule has 17 heavy (non-hydrogen) atoms. The van der Waals surface area contributed by atoms with Crippen LogP contribution in [0.25, 0.3) is 11.5 Å². The van der Waals surface area contributed by atoms with Crippen molar-refractivity contribution in [1.82, 2.24) is 15.1 Å². The number of hydrogen-bond donors (Lipinski definition) is 0. The van der Waals surface area contributed by atoms with Crippen molar-refractivity contribution >= 4 is 6.09 Å². The third kappa shape index (κ3) is 2.60. The van der Waals surface area contributed by atoms with Crippen LogP contribution in [0.3, 0.4) is 0 Å². The summed E-state index contributed by atoms with van der Waals surface area (Å²) >= 11 is 0. The highest BCUT2D eigenvalue weighted by Crippen LogP contribution is 2.21. The van der Waals surface area contributed by atoms with Crippen LogP contribution in [-0.4, -0.2) is 35.3 Å². The first kappa shape index (κ1) is 11.1. The lowest BCUT2D eigenvalue weighted by atomic mass is 10.2. The van der Waals surface area contributed by atoms with Gasteiger partial charge in [0.15, 0.2) is 0 Å². The van der Waals surface area contributed by atoms with Gasteiger partial charge in [0, 0.05) is 19.7 Å². The van der Waals surface area contributed by atoms with Gasteiger partial charge in [-0.05, 0) is 18.2 Å². The Morgan fingerprint density at radius 2 is 2.24 bits per heavy atom. The fourth-order valence-corrected chi connectivity index (χ4v) is 1.18. The molecule has 6 nitrogen and oxygen atoms in total. The van der Waals surface area contributed by atoms with Gasteiger partial charge in [0.25, 0.3) is 0 Å². The van der Waals surface area contributed by atoms with E-state index in [2.05, 4.69) is 10.2 Å². The fourth-order valence-electron chi connectivity index (χ4n) is 1.18. The molecular formula is C11H11N3O3. The maximum Gasteiger partial charge on any atom is 0.414 e. The minimum Gasteiger partial charge on any atom is -0.423 e. The lowest BCUT2D eigenvalue weighted by Gasteiger charge is -2.10. The average Bonchev–Trinajstić information content (AvgIpc) is 2.82. The quantitative estimate of drug-likeness (QED) is 0.791. The summed E-state index contributed by atoms with van der Waals surface area (Å²) in [4.78, 5) is 12.7. The zero-order valence-corrected chi connectivity index (χ0v) is 9.45. The van der Waals surface area contributed by atoms with Gasteiger partial charge >= 0.3 is 6.09 Å². The minimum absolute atomic E-state index is 0.382. The first-order valence-corrected chi connectivity index (χ1v) is 4.92. The molecule has 0 spiro atoms. The first-order valence-electron chi connectivity index (χ1n) is 4.92. The smallest absolute Gasteiger partial charge is 0.414 e. The maximum atomic E-state index is 11.4. The lowest BCUT2D eigenvalue weighted by Crippen LogP contribution is -2.25. The molecule has 0 radical (unpaired) electrons. The molecule has 1 aromatic heterocycles. The molecule has 0 unspecified atom stereocenters. The summed E-state index contributed by atoms with van der Waals surface area (Å²) in [5.74, 6) is 0.812. The molecule has 0 N–H and O–H groups in total. The predicted octanol–water partition coefficient (Wildman–Crippen LogP) is 1.80. The SMILES string of the molecule is CN(C)C(=O)Oc1cccc(-c2nnco2)c1. The van der Waals surface area contributed by atoms with Gasteiger partial charge in [0.1, 0.15) is 5.75 Å². The monoisotopic (exact) mass is 233 g/mol. The van der Waals surface area contributed by atoms with Crippen LogP contribution in [0.2, 0.25) is 0 Å². The van der Waals surface area contributed by atoms with Crippen LogP contribution in [0.1, 0.15) is 0 Å². The van der Waals surface area contributed by atoms with Gasteiger partial charge in [-0.25, -0.2) is 4.79 Å².